The molecule has 1 unspecified atom stereocenters. The van der Waals surface area contributed by atoms with Crippen molar-refractivity contribution >= 4 is 11.6 Å². The molecule has 6 heteroatoms. The summed E-state index contributed by atoms with van der Waals surface area (Å²) in [6.07, 6.45) is 3.50. The van der Waals surface area contributed by atoms with Crippen LogP contribution in [0.3, 0.4) is 0 Å². The number of nitrogens with zero attached hydrogens (tertiary/aromatic N) is 2. The van der Waals surface area contributed by atoms with Crippen molar-refractivity contribution in [2.24, 2.45) is 5.84 Å². The number of ether oxygens (including phenoxy) is 1. The maximum atomic E-state index is 6.00. The first-order valence-electron chi connectivity index (χ1n) is 5.74. The first-order valence-corrected chi connectivity index (χ1v) is 6.11. The lowest BCUT2D eigenvalue weighted by atomic mass is 10.1. The molecule has 2 aromatic rings. The lowest BCUT2D eigenvalue weighted by Crippen LogP contribution is -2.30. The Morgan fingerprint density at radius 1 is 1.32 bits per heavy atom. The zero-order chi connectivity index (χ0) is 13.8. The standard InChI is InChI=1S/C13H15ClN4O/c1-8-6-16-13(17-7-8)12(18-15)9-3-4-10(14)11(5-9)19-2/h3-7,12,18H,15H2,1-2H3. The van der Waals surface area contributed by atoms with E-state index < -0.39 is 0 Å². The number of halogens is 1. The molecule has 19 heavy (non-hydrogen) atoms. The van der Waals surface area contributed by atoms with Crippen LogP contribution in [0.4, 0.5) is 0 Å². The molecule has 0 aliphatic rings. The molecule has 0 saturated carbocycles. The van der Waals surface area contributed by atoms with Crippen LogP contribution in [0.2, 0.25) is 5.02 Å². The fraction of sp³-hybridized carbons (Fsp3) is 0.231. The molecule has 0 bridgehead atoms. The molecular weight excluding hydrogens is 264 g/mol. The highest BCUT2D eigenvalue weighted by molar-refractivity contribution is 6.32. The Morgan fingerprint density at radius 2 is 2.00 bits per heavy atom. The summed E-state index contributed by atoms with van der Waals surface area (Å²) in [6, 6.07) is 5.12. The Bertz CT molecular complexity index is 559. The second-order valence-corrected chi connectivity index (χ2v) is 4.52. The number of nitrogens with one attached hydrogen (secondary N) is 1. The maximum absolute atomic E-state index is 6.00. The number of aryl methyl sites for hydroxylation is 1. The van der Waals surface area contributed by atoms with Gasteiger partial charge in [-0.2, -0.15) is 0 Å². The van der Waals surface area contributed by atoms with E-state index in [1.54, 1.807) is 25.6 Å². The molecule has 0 amide bonds. The molecule has 100 valence electrons. The molecule has 0 aliphatic carbocycles. The zero-order valence-electron chi connectivity index (χ0n) is 10.7. The lowest BCUT2D eigenvalue weighted by Gasteiger charge is -2.16. The summed E-state index contributed by atoms with van der Waals surface area (Å²) < 4.78 is 5.19. The van der Waals surface area contributed by atoms with Crippen molar-refractivity contribution in [3.63, 3.8) is 0 Å². The van der Waals surface area contributed by atoms with Gasteiger partial charge in [0.1, 0.15) is 11.8 Å². The van der Waals surface area contributed by atoms with Crippen LogP contribution >= 0.6 is 11.6 Å². The van der Waals surface area contributed by atoms with Gasteiger partial charge < -0.3 is 4.74 Å². The molecule has 0 saturated heterocycles. The van der Waals surface area contributed by atoms with E-state index in [1.165, 1.54) is 0 Å². The molecular formula is C13H15ClN4O. The second-order valence-electron chi connectivity index (χ2n) is 4.11. The summed E-state index contributed by atoms with van der Waals surface area (Å²) in [5.74, 6) is 6.78. The van der Waals surface area contributed by atoms with Gasteiger partial charge in [0.2, 0.25) is 0 Å². The van der Waals surface area contributed by atoms with Crippen LogP contribution in [-0.2, 0) is 0 Å². The van der Waals surface area contributed by atoms with Crippen LogP contribution in [-0.4, -0.2) is 17.1 Å². The van der Waals surface area contributed by atoms with E-state index in [1.807, 2.05) is 19.1 Å². The number of aromatic nitrogens is 2. The third kappa shape index (κ3) is 3.01. The number of hydrazine groups is 1. The molecule has 1 aromatic carbocycles. The van der Waals surface area contributed by atoms with Gasteiger partial charge in [0.05, 0.1) is 12.1 Å². The van der Waals surface area contributed by atoms with Gasteiger partial charge in [-0.1, -0.05) is 17.7 Å². The monoisotopic (exact) mass is 278 g/mol. The number of rotatable bonds is 4. The topological polar surface area (TPSA) is 73.1 Å². The molecule has 0 aliphatic heterocycles. The minimum atomic E-state index is -0.313. The van der Waals surface area contributed by atoms with Gasteiger partial charge in [-0.05, 0) is 30.2 Å². The fourth-order valence-electron chi connectivity index (χ4n) is 1.73. The van der Waals surface area contributed by atoms with Gasteiger partial charge in [-0.3, -0.25) is 5.84 Å². The van der Waals surface area contributed by atoms with E-state index in [9.17, 15) is 0 Å². The Kier molecular flexibility index (Phi) is 4.31. The van der Waals surface area contributed by atoms with E-state index in [2.05, 4.69) is 15.4 Å². The predicted octanol–water partition coefficient (Wildman–Crippen LogP) is 2.00. The molecule has 0 radical (unpaired) electrons. The zero-order valence-corrected chi connectivity index (χ0v) is 11.5. The normalized spacial score (nSPS) is 12.2. The molecule has 1 atom stereocenters. The van der Waals surface area contributed by atoms with Gasteiger partial charge in [0.25, 0.3) is 0 Å². The summed E-state index contributed by atoms with van der Waals surface area (Å²) in [4.78, 5) is 8.55. The van der Waals surface area contributed by atoms with Crippen molar-refractivity contribution in [3.8, 4) is 5.75 Å². The van der Waals surface area contributed by atoms with E-state index in [4.69, 9.17) is 22.2 Å². The van der Waals surface area contributed by atoms with E-state index in [0.29, 0.717) is 16.6 Å². The van der Waals surface area contributed by atoms with Crippen LogP contribution in [0.15, 0.2) is 30.6 Å². The number of hydrogen-bond acceptors (Lipinski definition) is 5. The molecule has 0 spiro atoms. The fourth-order valence-corrected chi connectivity index (χ4v) is 1.92. The number of hydrogen-bond donors (Lipinski definition) is 2. The van der Waals surface area contributed by atoms with Crippen LogP contribution in [0.1, 0.15) is 23.0 Å². The van der Waals surface area contributed by atoms with Gasteiger partial charge in [-0.15, -0.1) is 0 Å². The van der Waals surface area contributed by atoms with Crippen LogP contribution in [0.25, 0.3) is 0 Å². The average Bonchev–Trinajstić information content (AvgIpc) is 2.43. The number of nitrogens with two attached hydrogens (primary N) is 1. The third-order valence-corrected chi connectivity index (χ3v) is 3.05. The van der Waals surface area contributed by atoms with Crippen molar-refractivity contribution in [3.05, 3.63) is 52.6 Å². The van der Waals surface area contributed by atoms with Gasteiger partial charge in [-0.25, -0.2) is 15.4 Å². The highest BCUT2D eigenvalue weighted by Crippen LogP contribution is 2.29. The third-order valence-electron chi connectivity index (χ3n) is 2.73. The largest absolute Gasteiger partial charge is 0.495 e. The van der Waals surface area contributed by atoms with Gasteiger partial charge in [0, 0.05) is 12.4 Å². The van der Waals surface area contributed by atoms with Crippen molar-refractivity contribution in [1.29, 1.82) is 0 Å². The first kappa shape index (κ1) is 13.7. The quantitative estimate of drug-likeness (QED) is 0.661. The highest BCUT2D eigenvalue weighted by Gasteiger charge is 2.16. The van der Waals surface area contributed by atoms with E-state index in [0.717, 1.165) is 11.1 Å². The van der Waals surface area contributed by atoms with Crippen molar-refractivity contribution in [1.82, 2.24) is 15.4 Å². The van der Waals surface area contributed by atoms with E-state index >= 15 is 0 Å². The molecule has 5 nitrogen and oxygen atoms in total. The summed E-state index contributed by atoms with van der Waals surface area (Å²) >= 11 is 6.00. The van der Waals surface area contributed by atoms with Crippen LogP contribution in [0.5, 0.6) is 5.75 Å². The first-order chi connectivity index (χ1) is 9.15. The summed E-state index contributed by atoms with van der Waals surface area (Å²) in [5.41, 5.74) is 4.58. The Labute approximate surface area is 116 Å². The summed E-state index contributed by atoms with van der Waals surface area (Å²) in [5, 5.41) is 0.548. The Morgan fingerprint density at radius 3 is 2.58 bits per heavy atom. The molecule has 1 aromatic heterocycles. The highest BCUT2D eigenvalue weighted by atomic mass is 35.5. The SMILES string of the molecule is COc1cc(C(NN)c2ncc(C)cn2)ccc1Cl. The molecule has 2 rings (SSSR count). The van der Waals surface area contributed by atoms with Gasteiger partial charge in [0.15, 0.2) is 5.82 Å². The van der Waals surface area contributed by atoms with Crippen LogP contribution < -0.4 is 16.0 Å². The average molecular weight is 279 g/mol. The Hall–Kier alpha value is -1.69. The molecule has 1 heterocycles. The predicted molar refractivity (Wildman–Crippen MR) is 73.9 cm³/mol. The Balaban J connectivity index is 2.39. The number of benzene rings is 1. The number of methoxy groups -OCH3 is 1. The van der Waals surface area contributed by atoms with Gasteiger partial charge >= 0.3 is 0 Å². The smallest absolute Gasteiger partial charge is 0.150 e. The summed E-state index contributed by atoms with van der Waals surface area (Å²) in [6.45, 7) is 1.93. The van der Waals surface area contributed by atoms with Crippen molar-refractivity contribution < 1.29 is 4.74 Å². The van der Waals surface area contributed by atoms with Crippen molar-refractivity contribution in [2.75, 3.05) is 7.11 Å². The summed E-state index contributed by atoms with van der Waals surface area (Å²) in [7, 11) is 1.57. The minimum absolute atomic E-state index is 0.313. The molecule has 0 fully saturated rings. The van der Waals surface area contributed by atoms with Crippen molar-refractivity contribution in [2.45, 2.75) is 13.0 Å². The van der Waals surface area contributed by atoms with E-state index in [-0.39, 0.29) is 6.04 Å². The maximum Gasteiger partial charge on any atom is 0.150 e. The van der Waals surface area contributed by atoms with Crippen LogP contribution in [0, 0.1) is 6.92 Å². The lowest BCUT2D eigenvalue weighted by molar-refractivity contribution is 0.413. The second kappa shape index (κ2) is 5.97. The minimum Gasteiger partial charge on any atom is -0.495 e. The molecule has 3 N–H and O–H groups in total.